The molecular weight excluding hydrogens is 245 g/mol. The summed E-state index contributed by atoms with van der Waals surface area (Å²) < 4.78 is 14.6. The number of nitrogens with one attached hydrogen (secondary N) is 1. The van der Waals surface area contributed by atoms with Gasteiger partial charge in [0, 0.05) is 6.54 Å². The lowest BCUT2D eigenvalue weighted by molar-refractivity contribution is 0.620. The van der Waals surface area contributed by atoms with Gasteiger partial charge in [0.15, 0.2) is 0 Å². The third-order valence-electron chi connectivity index (χ3n) is 2.59. The highest BCUT2D eigenvalue weighted by Gasteiger charge is 2.08. The van der Waals surface area contributed by atoms with Crippen molar-refractivity contribution in [3.05, 3.63) is 35.6 Å². The molecule has 102 valence electrons. The lowest BCUT2D eigenvalue weighted by Gasteiger charge is -2.04. The average molecular weight is 263 g/mol. The number of nitrogen functional groups attached to an aromatic ring is 1. The van der Waals surface area contributed by atoms with E-state index < -0.39 is 0 Å². The van der Waals surface area contributed by atoms with Crippen LogP contribution in [0, 0.1) is 11.7 Å². The van der Waals surface area contributed by atoms with Gasteiger partial charge in [-0.3, -0.25) is 0 Å². The fraction of sp³-hybridized carbons (Fsp3) is 0.385. The van der Waals surface area contributed by atoms with Crippen LogP contribution < -0.4 is 11.1 Å². The molecule has 0 radical (unpaired) electrons. The first-order valence-corrected chi connectivity index (χ1v) is 6.23. The Bertz CT molecular complexity index is 550. The second-order valence-corrected chi connectivity index (χ2v) is 4.86. The van der Waals surface area contributed by atoms with E-state index in [0.29, 0.717) is 24.4 Å². The van der Waals surface area contributed by atoms with Gasteiger partial charge >= 0.3 is 0 Å². The molecule has 0 unspecified atom stereocenters. The average Bonchev–Trinajstić information content (AvgIpc) is 2.68. The maximum atomic E-state index is 13.1. The predicted octanol–water partition coefficient (Wildman–Crippen LogP) is 2.12. The Balaban J connectivity index is 2.08. The monoisotopic (exact) mass is 263 g/mol. The molecule has 0 fully saturated rings. The molecule has 1 heterocycles. The Morgan fingerprint density at radius 3 is 2.89 bits per heavy atom. The molecule has 1 aromatic carbocycles. The van der Waals surface area contributed by atoms with Crippen LogP contribution in [-0.2, 0) is 6.54 Å². The maximum absolute atomic E-state index is 13.1. The van der Waals surface area contributed by atoms with Crippen molar-refractivity contribution in [3.63, 3.8) is 0 Å². The van der Waals surface area contributed by atoms with Gasteiger partial charge in [0.25, 0.3) is 0 Å². The number of nitrogens with two attached hydrogens (primary N) is 1. The van der Waals surface area contributed by atoms with Crippen molar-refractivity contribution >= 4 is 11.9 Å². The molecule has 0 saturated carbocycles. The van der Waals surface area contributed by atoms with Crippen LogP contribution in [0.15, 0.2) is 24.3 Å². The third kappa shape index (κ3) is 3.67. The van der Waals surface area contributed by atoms with Crippen molar-refractivity contribution in [2.24, 2.45) is 5.92 Å². The largest absolute Gasteiger partial charge is 0.368 e. The third-order valence-corrected chi connectivity index (χ3v) is 2.59. The van der Waals surface area contributed by atoms with Gasteiger partial charge in [-0.2, -0.15) is 4.98 Å². The van der Waals surface area contributed by atoms with Gasteiger partial charge in [-0.25, -0.2) is 9.07 Å². The molecule has 0 aliphatic carbocycles. The molecule has 0 amide bonds. The van der Waals surface area contributed by atoms with E-state index in [2.05, 4.69) is 29.2 Å². The molecule has 2 rings (SSSR count). The van der Waals surface area contributed by atoms with Crippen LogP contribution in [0.25, 0.3) is 0 Å². The van der Waals surface area contributed by atoms with Crippen LogP contribution in [0.1, 0.15) is 19.4 Å². The molecular formula is C13H18FN5. The van der Waals surface area contributed by atoms with Gasteiger partial charge in [-0.15, -0.1) is 5.10 Å². The molecule has 0 aliphatic heterocycles. The molecule has 19 heavy (non-hydrogen) atoms. The summed E-state index contributed by atoms with van der Waals surface area (Å²) in [5.41, 5.74) is 6.59. The van der Waals surface area contributed by atoms with E-state index in [4.69, 9.17) is 5.73 Å². The number of halogens is 1. The van der Waals surface area contributed by atoms with E-state index in [1.54, 1.807) is 10.7 Å². The second kappa shape index (κ2) is 5.69. The minimum atomic E-state index is -0.269. The normalized spacial score (nSPS) is 10.9. The molecule has 0 bridgehead atoms. The molecule has 0 saturated heterocycles. The van der Waals surface area contributed by atoms with Gasteiger partial charge in [0.05, 0.1) is 6.54 Å². The smallest absolute Gasteiger partial charge is 0.243 e. The number of aromatic nitrogens is 3. The molecule has 6 heteroatoms. The second-order valence-electron chi connectivity index (χ2n) is 4.86. The van der Waals surface area contributed by atoms with E-state index in [0.717, 1.165) is 12.1 Å². The summed E-state index contributed by atoms with van der Waals surface area (Å²) in [6, 6.07) is 6.35. The first-order chi connectivity index (χ1) is 9.04. The van der Waals surface area contributed by atoms with E-state index in [1.807, 2.05) is 6.07 Å². The summed E-state index contributed by atoms with van der Waals surface area (Å²) in [5.74, 6) is 1.05. The summed E-state index contributed by atoms with van der Waals surface area (Å²) in [4.78, 5) is 4.13. The van der Waals surface area contributed by atoms with Crippen LogP contribution >= 0.6 is 0 Å². The van der Waals surface area contributed by atoms with E-state index in [9.17, 15) is 4.39 Å². The van der Waals surface area contributed by atoms with Crippen molar-refractivity contribution in [2.75, 3.05) is 17.6 Å². The molecule has 3 N–H and O–H groups in total. The van der Waals surface area contributed by atoms with Crippen LogP contribution in [-0.4, -0.2) is 21.3 Å². The number of benzene rings is 1. The highest BCUT2D eigenvalue weighted by molar-refractivity contribution is 5.32. The molecule has 2 aromatic rings. The Kier molecular flexibility index (Phi) is 3.99. The number of hydrogen-bond acceptors (Lipinski definition) is 4. The van der Waals surface area contributed by atoms with Crippen molar-refractivity contribution < 1.29 is 4.39 Å². The first kappa shape index (κ1) is 13.3. The summed E-state index contributed by atoms with van der Waals surface area (Å²) in [6.45, 7) is 5.38. The highest BCUT2D eigenvalue weighted by atomic mass is 19.1. The van der Waals surface area contributed by atoms with Crippen LogP contribution in [0.2, 0.25) is 0 Å². The van der Waals surface area contributed by atoms with Crippen molar-refractivity contribution in [1.82, 2.24) is 14.8 Å². The highest BCUT2D eigenvalue weighted by Crippen LogP contribution is 2.10. The fourth-order valence-electron chi connectivity index (χ4n) is 1.65. The predicted molar refractivity (Wildman–Crippen MR) is 73.3 cm³/mol. The zero-order valence-corrected chi connectivity index (χ0v) is 11.1. The fourth-order valence-corrected chi connectivity index (χ4v) is 1.65. The Hall–Kier alpha value is -2.11. The van der Waals surface area contributed by atoms with Crippen molar-refractivity contribution in [1.29, 1.82) is 0 Å². The summed E-state index contributed by atoms with van der Waals surface area (Å²) in [6.07, 6.45) is 0. The Morgan fingerprint density at radius 1 is 1.42 bits per heavy atom. The van der Waals surface area contributed by atoms with Crippen molar-refractivity contribution in [2.45, 2.75) is 20.4 Å². The topological polar surface area (TPSA) is 68.8 Å². The molecule has 0 aliphatic rings. The maximum Gasteiger partial charge on any atom is 0.243 e. The van der Waals surface area contributed by atoms with Crippen LogP contribution in [0.3, 0.4) is 0 Å². The standard InChI is InChI=1S/C13H18FN5/c1-9(2)7-16-13-17-12(15)19(18-13)8-10-4-3-5-11(14)6-10/h3-6,9H,7-8H2,1-2H3,(H3,15,16,17,18). The quantitative estimate of drug-likeness (QED) is 0.867. The van der Waals surface area contributed by atoms with Crippen LogP contribution in [0.4, 0.5) is 16.3 Å². The van der Waals surface area contributed by atoms with Crippen LogP contribution in [0.5, 0.6) is 0 Å². The number of hydrogen-bond donors (Lipinski definition) is 2. The number of anilines is 2. The van der Waals surface area contributed by atoms with Gasteiger partial charge in [0.1, 0.15) is 5.82 Å². The minimum Gasteiger partial charge on any atom is -0.368 e. The van der Waals surface area contributed by atoms with Gasteiger partial charge in [-0.1, -0.05) is 26.0 Å². The Morgan fingerprint density at radius 2 is 2.21 bits per heavy atom. The van der Waals surface area contributed by atoms with E-state index in [-0.39, 0.29) is 5.82 Å². The van der Waals surface area contributed by atoms with Gasteiger partial charge in [0.2, 0.25) is 11.9 Å². The first-order valence-electron chi connectivity index (χ1n) is 6.23. The van der Waals surface area contributed by atoms with E-state index in [1.165, 1.54) is 12.1 Å². The Labute approximate surface area is 111 Å². The molecule has 1 aromatic heterocycles. The molecule has 0 atom stereocenters. The number of nitrogens with zero attached hydrogens (tertiary/aromatic N) is 3. The minimum absolute atomic E-state index is 0.269. The van der Waals surface area contributed by atoms with Gasteiger partial charge < -0.3 is 11.1 Å². The number of rotatable bonds is 5. The summed E-state index contributed by atoms with van der Waals surface area (Å²) in [5, 5.41) is 7.36. The zero-order chi connectivity index (χ0) is 13.8. The van der Waals surface area contributed by atoms with E-state index >= 15 is 0 Å². The lowest BCUT2D eigenvalue weighted by Crippen LogP contribution is -2.10. The summed E-state index contributed by atoms with van der Waals surface area (Å²) >= 11 is 0. The zero-order valence-electron chi connectivity index (χ0n) is 11.1. The SMILES string of the molecule is CC(C)CNc1nc(N)n(Cc2cccc(F)c2)n1. The molecule has 5 nitrogen and oxygen atoms in total. The lowest BCUT2D eigenvalue weighted by atomic mass is 10.2. The summed E-state index contributed by atoms with van der Waals surface area (Å²) in [7, 11) is 0. The van der Waals surface area contributed by atoms with Gasteiger partial charge in [-0.05, 0) is 23.6 Å². The van der Waals surface area contributed by atoms with Crippen molar-refractivity contribution in [3.8, 4) is 0 Å². The molecule has 0 spiro atoms.